The van der Waals surface area contributed by atoms with E-state index in [1.54, 1.807) is 12.1 Å². The number of amides is 1. The summed E-state index contributed by atoms with van der Waals surface area (Å²) >= 11 is 0. The van der Waals surface area contributed by atoms with Crippen LogP contribution in [0.3, 0.4) is 0 Å². The lowest BCUT2D eigenvalue weighted by Crippen LogP contribution is -2.32. The molecule has 1 rings (SSSR count). The molecule has 0 aliphatic rings. The SMILES string of the molecule is N#CCN(CC#N)C(=O)c1c(O)cccc1F. The molecule has 17 heavy (non-hydrogen) atoms. The fourth-order valence-electron chi connectivity index (χ4n) is 1.25. The molecule has 0 radical (unpaired) electrons. The molecule has 0 saturated heterocycles. The lowest BCUT2D eigenvalue weighted by molar-refractivity contribution is 0.0787. The molecule has 0 atom stereocenters. The van der Waals surface area contributed by atoms with E-state index in [4.69, 9.17) is 10.5 Å². The van der Waals surface area contributed by atoms with Crippen LogP contribution in [0.5, 0.6) is 5.75 Å². The zero-order valence-corrected chi connectivity index (χ0v) is 8.72. The van der Waals surface area contributed by atoms with E-state index in [1.807, 2.05) is 0 Å². The van der Waals surface area contributed by atoms with Crippen molar-refractivity contribution in [1.82, 2.24) is 4.90 Å². The minimum absolute atomic E-state index is 0.347. The first-order chi connectivity index (χ1) is 8.11. The van der Waals surface area contributed by atoms with Crippen molar-refractivity contribution in [3.05, 3.63) is 29.6 Å². The molecule has 0 heterocycles. The van der Waals surface area contributed by atoms with Crippen LogP contribution in [0.2, 0.25) is 0 Å². The monoisotopic (exact) mass is 233 g/mol. The third-order valence-corrected chi connectivity index (χ3v) is 2.02. The minimum atomic E-state index is -0.893. The molecule has 0 aliphatic heterocycles. The second-order valence-electron chi connectivity index (χ2n) is 3.11. The fraction of sp³-hybridized carbons (Fsp3) is 0.182. The van der Waals surface area contributed by atoms with Gasteiger partial charge in [-0.25, -0.2) is 4.39 Å². The number of benzene rings is 1. The molecule has 1 aromatic carbocycles. The smallest absolute Gasteiger partial charge is 0.262 e. The molecule has 0 fully saturated rings. The molecule has 0 bridgehead atoms. The summed E-state index contributed by atoms with van der Waals surface area (Å²) < 4.78 is 13.4. The molecule has 0 aliphatic carbocycles. The summed E-state index contributed by atoms with van der Waals surface area (Å²) in [6.07, 6.45) is 0. The summed E-state index contributed by atoms with van der Waals surface area (Å²) in [7, 11) is 0. The van der Waals surface area contributed by atoms with Crippen LogP contribution in [0.15, 0.2) is 18.2 Å². The maximum atomic E-state index is 13.4. The molecule has 0 unspecified atom stereocenters. The van der Waals surface area contributed by atoms with Crippen molar-refractivity contribution >= 4 is 5.91 Å². The van der Waals surface area contributed by atoms with Crippen LogP contribution < -0.4 is 0 Å². The van der Waals surface area contributed by atoms with Crippen LogP contribution in [0.1, 0.15) is 10.4 Å². The highest BCUT2D eigenvalue weighted by molar-refractivity contribution is 5.97. The highest BCUT2D eigenvalue weighted by atomic mass is 19.1. The summed E-state index contributed by atoms with van der Waals surface area (Å²) in [6.45, 7) is -0.694. The van der Waals surface area contributed by atoms with Gasteiger partial charge in [0.1, 0.15) is 30.2 Å². The predicted molar refractivity (Wildman–Crippen MR) is 55.2 cm³/mol. The van der Waals surface area contributed by atoms with E-state index in [0.29, 0.717) is 0 Å². The lowest BCUT2D eigenvalue weighted by atomic mass is 10.1. The van der Waals surface area contributed by atoms with Crippen molar-refractivity contribution in [2.24, 2.45) is 0 Å². The number of hydrogen-bond donors (Lipinski definition) is 1. The Hall–Kier alpha value is -2.60. The maximum Gasteiger partial charge on any atom is 0.262 e. The van der Waals surface area contributed by atoms with Crippen LogP contribution in [-0.4, -0.2) is 29.0 Å². The minimum Gasteiger partial charge on any atom is -0.507 e. The van der Waals surface area contributed by atoms with E-state index in [0.717, 1.165) is 17.0 Å². The summed E-state index contributed by atoms with van der Waals surface area (Å²) in [5.41, 5.74) is -0.530. The average Bonchev–Trinajstić information content (AvgIpc) is 2.28. The van der Waals surface area contributed by atoms with Crippen molar-refractivity contribution in [1.29, 1.82) is 10.5 Å². The van der Waals surface area contributed by atoms with Crippen molar-refractivity contribution in [2.45, 2.75) is 0 Å². The second-order valence-corrected chi connectivity index (χ2v) is 3.11. The standard InChI is InChI=1S/C11H8FN3O2/c12-8-2-1-3-9(16)10(8)11(17)15(6-4-13)7-5-14/h1-3,16H,6-7H2. The molecular weight excluding hydrogens is 225 g/mol. The molecule has 1 amide bonds. The van der Waals surface area contributed by atoms with Crippen LogP contribution in [-0.2, 0) is 0 Å². The fourth-order valence-corrected chi connectivity index (χ4v) is 1.25. The number of nitrogens with zero attached hydrogens (tertiary/aromatic N) is 3. The van der Waals surface area contributed by atoms with E-state index < -0.39 is 23.0 Å². The summed E-state index contributed by atoms with van der Waals surface area (Å²) in [5.74, 6) is -2.30. The van der Waals surface area contributed by atoms with E-state index in [2.05, 4.69) is 0 Å². The Balaban J connectivity index is 3.11. The zero-order chi connectivity index (χ0) is 12.8. The van der Waals surface area contributed by atoms with E-state index in [-0.39, 0.29) is 13.1 Å². The van der Waals surface area contributed by atoms with Gasteiger partial charge in [0.25, 0.3) is 5.91 Å². The number of phenolic OH excluding ortho intramolecular Hbond substituents is 1. The molecule has 0 spiro atoms. The van der Waals surface area contributed by atoms with Gasteiger partial charge in [-0.1, -0.05) is 6.07 Å². The number of carbonyl (C=O) groups excluding carboxylic acids is 1. The first-order valence-electron chi connectivity index (χ1n) is 4.62. The Bertz CT molecular complexity index is 480. The van der Waals surface area contributed by atoms with Gasteiger partial charge < -0.3 is 10.0 Å². The van der Waals surface area contributed by atoms with Gasteiger partial charge in [-0.05, 0) is 12.1 Å². The van der Waals surface area contributed by atoms with Gasteiger partial charge in [0.05, 0.1) is 12.1 Å². The van der Waals surface area contributed by atoms with Crippen molar-refractivity contribution < 1.29 is 14.3 Å². The van der Waals surface area contributed by atoms with Crippen LogP contribution >= 0.6 is 0 Å². The van der Waals surface area contributed by atoms with Gasteiger partial charge in [-0.15, -0.1) is 0 Å². The molecule has 86 valence electrons. The van der Waals surface area contributed by atoms with Crippen LogP contribution in [0.4, 0.5) is 4.39 Å². The maximum absolute atomic E-state index is 13.4. The van der Waals surface area contributed by atoms with Crippen molar-refractivity contribution in [3.8, 4) is 17.9 Å². The Morgan fingerprint density at radius 3 is 2.41 bits per heavy atom. The summed E-state index contributed by atoms with van der Waals surface area (Å²) in [5, 5.41) is 26.4. The highest BCUT2D eigenvalue weighted by Gasteiger charge is 2.22. The predicted octanol–water partition coefficient (Wildman–Crippen LogP) is 1.02. The molecular formula is C11H8FN3O2. The largest absolute Gasteiger partial charge is 0.507 e. The molecule has 1 N–H and O–H groups in total. The molecule has 5 nitrogen and oxygen atoms in total. The van der Waals surface area contributed by atoms with Crippen LogP contribution in [0.25, 0.3) is 0 Å². The number of carbonyl (C=O) groups is 1. The van der Waals surface area contributed by atoms with Gasteiger partial charge in [0.15, 0.2) is 0 Å². The third-order valence-electron chi connectivity index (χ3n) is 2.02. The first kappa shape index (κ1) is 12.5. The van der Waals surface area contributed by atoms with Gasteiger partial charge >= 0.3 is 0 Å². The number of nitriles is 2. The van der Waals surface area contributed by atoms with Crippen molar-refractivity contribution in [2.75, 3.05) is 13.1 Å². The van der Waals surface area contributed by atoms with E-state index in [9.17, 15) is 14.3 Å². The molecule has 1 aromatic rings. The van der Waals surface area contributed by atoms with Gasteiger partial charge in [-0.2, -0.15) is 10.5 Å². The second kappa shape index (κ2) is 5.47. The Kier molecular flexibility index (Phi) is 4.02. The number of hydrogen-bond acceptors (Lipinski definition) is 4. The number of rotatable bonds is 3. The third kappa shape index (κ3) is 2.70. The van der Waals surface area contributed by atoms with Gasteiger partial charge in [0.2, 0.25) is 0 Å². The Labute approximate surface area is 96.9 Å². The Morgan fingerprint density at radius 1 is 1.35 bits per heavy atom. The highest BCUT2D eigenvalue weighted by Crippen LogP contribution is 2.21. The number of aromatic hydroxyl groups is 1. The number of phenols is 1. The molecule has 0 saturated carbocycles. The Morgan fingerprint density at radius 2 is 1.94 bits per heavy atom. The van der Waals surface area contributed by atoms with Crippen LogP contribution in [0, 0.1) is 28.5 Å². The van der Waals surface area contributed by atoms with Crippen molar-refractivity contribution in [3.63, 3.8) is 0 Å². The summed E-state index contributed by atoms with van der Waals surface area (Å²) in [6, 6.07) is 6.81. The zero-order valence-electron chi connectivity index (χ0n) is 8.72. The van der Waals surface area contributed by atoms with E-state index >= 15 is 0 Å². The lowest BCUT2D eigenvalue weighted by Gasteiger charge is -2.16. The average molecular weight is 233 g/mol. The first-order valence-corrected chi connectivity index (χ1v) is 4.62. The topological polar surface area (TPSA) is 88.1 Å². The van der Waals surface area contributed by atoms with Gasteiger partial charge in [-0.3, -0.25) is 4.79 Å². The molecule has 6 heteroatoms. The van der Waals surface area contributed by atoms with E-state index in [1.165, 1.54) is 6.07 Å². The number of halogens is 1. The summed E-state index contributed by atoms with van der Waals surface area (Å²) in [4.78, 5) is 12.6. The normalized spacial score (nSPS) is 9.12. The molecule has 0 aromatic heterocycles. The quantitative estimate of drug-likeness (QED) is 0.789. The van der Waals surface area contributed by atoms with Gasteiger partial charge in [0, 0.05) is 0 Å².